The molecular weight excluding hydrogens is 248 g/mol. The molecular formula is C16H24N4. The third kappa shape index (κ3) is 5.43. The lowest BCUT2D eigenvalue weighted by atomic mass is 9.93. The lowest BCUT2D eigenvalue weighted by Crippen LogP contribution is -2.13. The largest absolute Gasteiger partial charge is 0.261 e. The molecule has 4 nitrogen and oxygen atoms in total. The highest BCUT2D eigenvalue weighted by molar-refractivity contribution is 5.07. The van der Waals surface area contributed by atoms with Crippen molar-refractivity contribution in [3.05, 3.63) is 48.6 Å². The summed E-state index contributed by atoms with van der Waals surface area (Å²) in [6.07, 6.45) is 10.4. The first-order valence-electron chi connectivity index (χ1n) is 6.74. The van der Waals surface area contributed by atoms with Crippen LogP contribution in [0, 0.1) is 0 Å². The molecule has 20 heavy (non-hydrogen) atoms. The first-order valence-corrected chi connectivity index (χ1v) is 6.74. The summed E-state index contributed by atoms with van der Waals surface area (Å²) in [5, 5.41) is 0. The van der Waals surface area contributed by atoms with Crippen molar-refractivity contribution < 1.29 is 0 Å². The van der Waals surface area contributed by atoms with Gasteiger partial charge in [-0.25, -0.2) is 0 Å². The van der Waals surface area contributed by atoms with E-state index in [0.717, 1.165) is 11.4 Å². The second kappa shape index (κ2) is 6.55. The normalized spacial score (nSPS) is 11.5. The number of hydrogen-bond acceptors (Lipinski definition) is 4. The van der Waals surface area contributed by atoms with Crippen LogP contribution < -0.4 is 0 Å². The molecule has 0 atom stereocenters. The Labute approximate surface area is 121 Å². The molecule has 0 saturated carbocycles. The lowest BCUT2D eigenvalue weighted by molar-refractivity contribution is 0.565. The minimum Gasteiger partial charge on any atom is -0.261 e. The van der Waals surface area contributed by atoms with Crippen molar-refractivity contribution in [2.45, 2.75) is 52.4 Å². The molecule has 0 saturated heterocycles. The Balaban J connectivity index is 0.000000200. The molecule has 0 aliphatic heterocycles. The highest BCUT2D eigenvalue weighted by atomic mass is 14.8. The summed E-state index contributed by atoms with van der Waals surface area (Å²) in [6.45, 7) is 12.7. The highest BCUT2D eigenvalue weighted by Gasteiger charge is 2.14. The van der Waals surface area contributed by atoms with E-state index in [1.807, 2.05) is 0 Å². The van der Waals surface area contributed by atoms with Crippen molar-refractivity contribution in [2.24, 2.45) is 0 Å². The predicted octanol–water partition coefficient (Wildman–Crippen LogP) is 3.55. The van der Waals surface area contributed by atoms with E-state index in [-0.39, 0.29) is 10.8 Å². The zero-order valence-corrected chi connectivity index (χ0v) is 13.3. The van der Waals surface area contributed by atoms with E-state index in [9.17, 15) is 0 Å². The van der Waals surface area contributed by atoms with Gasteiger partial charge in [-0.15, -0.1) is 0 Å². The average Bonchev–Trinajstić information content (AvgIpc) is 2.40. The molecule has 2 aromatic rings. The first kappa shape index (κ1) is 16.2. The van der Waals surface area contributed by atoms with Crippen molar-refractivity contribution in [2.75, 3.05) is 0 Å². The zero-order valence-electron chi connectivity index (χ0n) is 13.3. The molecule has 2 aromatic heterocycles. The second-order valence-electron chi connectivity index (χ2n) is 6.68. The van der Waals surface area contributed by atoms with Crippen molar-refractivity contribution in [1.82, 2.24) is 19.9 Å². The van der Waals surface area contributed by atoms with E-state index in [2.05, 4.69) is 61.5 Å². The van der Waals surface area contributed by atoms with Crippen molar-refractivity contribution in [1.29, 1.82) is 0 Å². The zero-order chi connectivity index (χ0) is 15.2. The van der Waals surface area contributed by atoms with Crippen molar-refractivity contribution >= 4 is 0 Å². The summed E-state index contributed by atoms with van der Waals surface area (Å²) in [5.41, 5.74) is 2.31. The van der Waals surface area contributed by atoms with Gasteiger partial charge in [-0.2, -0.15) is 0 Å². The van der Waals surface area contributed by atoms with Crippen LogP contribution in [0.3, 0.4) is 0 Å². The summed E-state index contributed by atoms with van der Waals surface area (Å²) in [6, 6.07) is 0. The number of aromatic nitrogens is 4. The van der Waals surface area contributed by atoms with Crippen LogP contribution in [0.5, 0.6) is 0 Å². The van der Waals surface area contributed by atoms with Gasteiger partial charge in [0.1, 0.15) is 0 Å². The molecule has 0 bridgehead atoms. The minimum atomic E-state index is 0.119. The van der Waals surface area contributed by atoms with Crippen LogP contribution in [-0.4, -0.2) is 19.9 Å². The summed E-state index contributed by atoms with van der Waals surface area (Å²) >= 11 is 0. The molecule has 2 heterocycles. The Hall–Kier alpha value is -1.84. The fraction of sp³-hybridized carbons (Fsp3) is 0.500. The molecule has 0 amide bonds. The van der Waals surface area contributed by atoms with Crippen LogP contribution in [0.15, 0.2) is 37.2 Å². The van der Waals surface area contributed by atoms with Crippen LogP contribution in [-0.2, 0) is 10.8 Å². The molecule has 0 unspecified atom stereocenters. The Morgan fingerprint density at radius 1 is 0.600 bits per heavy atom. The average molecular weight is 272 g/mol. The van der Waals surface area contributed by atoms with Crippen LogP contribution in [0.2, 0.25) is 0 Å². The molecule has 4 heteroatoms. The van der Waals surface area contributed by atoms with Gasteiger partial charge in [-0.3, -0.25) is 19.9 Å². The van der Waals surface area contributed by atoms with Gasteiger partial charge in [-0.05, 0) is 0 Å². The summed E-state index contributed by atoms with van der Waals surface area (Å²) < 4.78 is 0. The van der Waals surface area contributed by atoms with E-state index in [0.29, 0.717) is 0 Å². The summed E-state index contributed by atoms with van der Waals surface area (Å²) in [5.74, 6) is 0. The molecule has 0 aliphatic carbocycles. The SMILES string of the molecule is CC(C)(C)c1cnccn1.CC(C)(C)c1cnccn1. The van der Waals surface area contributed by atoms with Crippen LogP contribution in [0.4, 0.5) is 0 Å². The van der Waals surface area contributed by atoms with Gasteiger partial charge in [0.2, 0.25) is 0 Å². The van der Waals surface area contributed by atoms with Crippen LogP contribution in [0.1, 0.15) is 52.9 Å². The third-order valence-electron chi connectivity index (χ3n) is 2.66. The fourth-order valence-electron chi connectivity index (χ4n) is 1.37. The van der Waals surface area contributed by atoms with Crippen LogP contribution in [0.25, 0.3) is 0 Å². The number of hydrogen-bond donors (Lipinski definition) is 0. The van der Waals surface area contributed by atoms with E-state index >= 15 is 0 Å². The monoisotopic (exact) mass is 272 g/mol. The first-order chi connectivity index (χ1) is 9.21. The Morgan fingerprint density at radius 3 is 1.10 bits per heavy atom. The van der Waals surface area contributed by atoms with Gasteiger partial charge >= 0.3 is 0 Å². The van der Waals surface area contributed by atoms with Crippen LogP contribution >= 0.6 is 0 Å². The molecule has 0 spiro atoms. The molecule has 0 fully saturated rings. The molecule has 0 N–H and O–H groups in total. The van der Waals surface area contributed by atoms with Gasteiger partial charge in [0.25, 0.3) is 0 Å². The Kier molecular flexibility index (Phi) is 5.31. The second-order valence-corrected chi connectivity index (χ2v) is 6.68. The Bertz CT molecular complexity index is 446. The molecule has 0 aliphatic rings. The third-order valence-corrected chi connectivity index (χ3v) is 2.66. The number of nitrogens with zero attached hydrogens (tertiary/aromatic N) is 4. The standard InChI is InChI=1S/2C8H12N2/c2*1-8(2,3)7-6-9-4-5-10-7/h2*4-6H,1-3H3. The Morgan fingerprint density at radius 2 is 0.950 bits per heavy atom. The minimum absolute atomic E-state index is 0.119. The molecule has 108 valence electrons. The van der Waals surface area contributed by atoms with E-state index < -0.39 is 0 Å². The van der Waals surface area contributed by atoms with E-state index in [1.165, 1.54) is 0 Å². The summed E-state index contributed by atoms with van der Waals surface area (Å²) in [7, 11) is 0. The maximum Gasteiger partial charge on any atom is 0.0640 e. The maximum absolute atomic E-state index is 4.19. The van der Waals surface area contributed by atoms with E-state index in [1.54, 1.807) is 37.2 Å². The van der Waals surface area contributed by atoms with Crippen molar-refractivity contribution in [3.63, 3.8) is 0 Å². The van der Waals surface area contributed by atoms with Crippen molar-refractivity contribution in [3.8, 4) is 0 Å². The van der Waals surface area contributed by atoms with Gasteiger partial charge in [0.05, 0.1) is 11.4 Å². The van der Waals surface area contributed by atoms with Gasteiger partial charge < -0.3 is 0 Å². The molecule has 0 aromatic carbocycles. The van der Waals surface area contributed by atoms with Gasteiger partial charge in [0, 0.05) is 48.0 Å². The quantitative estimate of drug-likeness (QED) is 0.736. The van der Waals surface area contributed by atoms with Gasteiger partial charge in [-0.1, -0.05) is 41.5 Å². The summed E-state index contributed by atoms with van der Waals surface area (Å²) in [4.78, 5) is 16.4. The smallest absolute Gasteiger partial charge is 0.0640 e. The van der Waals surface area contributed by atoms with E-state index in [4.69, 9.17) is 0 Å². The molecule has 2 rings (SSSR count). The maximum atomic E-state index is 4.19. The molecule has 0 radical (unpaired) electrons. The fourth-order valence-corrected chi connectivity index (χ4v) is 1.37. The topological polar surface area (TPSA) is 51.6 Å². The lowest BCUT2D eigenvalue weighted by Gasteiger charge is -2.15. The van der Waals surface area contributed by atoms with Gasteiger partial charge in [0.15, 0.2) is 0 Å². The predicted molar refractivity (Wildman–Crippen MR) is 81.5 cm³/mol. The number of rotatable bonds is 0. The highest BCUT2D eigenvalue weighted by Crippen LogP contribution is 2.18.